The highest BCUT2D eigenvalue weighted by atomic mass is 32.2. The SMILES string of the molecule is O=S(=O)(Nc1cc(F)c(C(F)(F)F)cc1F)c1c[nH]c(-c2cccn3ccnc23)c1. The highest BCUT2D eigenvalue weighted by Gasteiger charge is 2.35. The van der Waals surface area contributed by atoms with Crippen LogP contribution in [0.25, 0.3) is 16.9 Å². The number of anilines is 1. The van der Waals surface area contributed by atoms with Crippen molar-refractivity contribution in [2.24, 2.45) is 0 Å². The highest BCUT2D eigenvalue weighted by molar-refractivity contribution is 7.92. The number of pyridine rings is 1. The lowest BCUT2D eigenvalue weighted by molar-refractivity contribution is -0.140. The molecule has 2 N–H and O–H groups in total. The molecule has 0 unspecified atom stereocenters. The summed E-state index contributed by atoms with van der Waals surface area (Å²) in [6, 6.07) is 4.70. The number of nitrogens with one attached hydrogen (secondary N) is 2. The maximum atomic E-state index is 14.0. The summed E-state index contributed by atoms with van der Waals surface area (Å²) in [6.07, 6.45) is 0.996. The van der Waals surface area contributed by atoms with Crippen LogP contribution in [0.2, 0.25) is 0 Å². The number of hydrogen-bond acceptors (Lipinski definition) is 3. The monoisotopic (exact) mass is 442 g/mol. The molecule has 3 aromatic heterocycles. The van der Waals surface area contributed by atoms with Gasteiger partial charge in [-0.3, -0.25) is 4.72 Å². The predicted octanol–water partition coefficient (Wildman–Crippen LogP) is 4.43. The van der Waals surface area contributed by atoms with Gasteiger partial charge in [0.05, 0.1) is 16.9 Å². The van der Waals surface area contributed by atoms with Gasteiger partial charge in [0.1, 0.15) is 22.2 Å². The van der Waals surface area contributed by atoms with E-state index in [2.05, 4.69) is 9.97 Å². The van der Waals surface area contributed by atoms with Crippen molar-refractivity contribution in [2.75, 3.05) is 4.72 Å². The zero-order valence-electron chi connectivity index (χ0n) is 14.7. The van der Waals surface area contributed by atoms with Crippen molar-refractivity contribution in [1.29, 1.82) is 0 Å². The molecule has 4 aromatic rings. The molecular formula is C18H11F5N4O2S. The Morgan fingerprint density at radius 2 is 1.83 bits per heavy atom. The average molecular weight is 442 g/mol. The molecule has 0 fully saturated rings. The van der Waals surface area contributed by atoms with Crippen LogP contribution in [-0.2, 0) is 16.2 Å². The minimum absolute atomic E-state index is 0.102. The van der Waals surface area contributed by atoms with E-state index in [-0.39, 0.29) is 17.0 Å². The third kappa shape index (κ3) is 3.49. The molecule has 0 saturated carbocycles. The second-order valence-corrected chi connectivity index (χ2v) is 7.93. The van der Waals surface area contributed by atoms with E-state index in [1.165, 1.54) is 6.07 Å². The van der Waals surface area contributed by atoms with E-state index in [1.807, 2.05) is 0 Å². The number of alkyl halides is 3. The third-order valence-corrected chi connectivity index (χ3v) is 5.63. The zero-order valence-corrected chi connectivity index (χ0v) is 15.5. The summed E-state index contributed by atoms with van der Waals surface area (Å²) in [7, 11) is -4.42. The van der Waals surface area contributed by atoms with Gasteiger partial charge in [0, 0.05) is 36.4 Å². The number of benzene rings is 1. The van der Waals surface area contributed by atoms with Gasteiger partial charge < -0.3 is 9.38 Å². The van der Waals surface area contributed by atoms with Gasteiger partial charge in [0.15, 0.2) is 0 Å². The van der Waals surface area contributed by atoms with Gasteiger partial charge in [0.2, 0.25) is 0 Å². The first-order valence-electron chi connectivity index (χ1n) is 8.26. The number of nitrogens with zero attached hydrogens (tertiary/aromatic N) is 2. The van der Waals surface area contributed by atoms with Crippen molar-refractivity contribution < 1.29 is 30.4 Å². The number of sulfonamides is 1. The number of fused-ring (bicyclic) bond motifs is 1. The van der Waals surface area contributed by atoms with E-state index >= 15 is 0 Å². The lowest BCUT2D eigenvalue weighted by atomic mass is 10.2. The summed E-state index contributed by atoms with van der Waals surface area (Å²) < 4.78 is 94.3. The fraction of sp³-hybridized carbons (Fsp3) is 0.0556. The van der Waals surface area contributed by atoms with Gasteiger partial charge >= 0.3 is 6.18 Å². The summed E-state index contributed by atoms with van der Waals surface area (Å²) in [5, 5.41) is 0. The van der Waals surface area contributed by atoms with Crippen LogP contribution in [0, 0.1) is 11.6 Å². The van der Waals surface area contributed by atoms with Gasteiger partial charge in [-0.2, -0.15) is 13.2 Å². The highest BCUT2D eigenvalue weighted by Crippen LogP contribution is 2.34. The normalized spacial score (nSPS) is 12.4. The topological polar surface area (TPSA) is 79.3 Å². The van der Waals surface area contributed by atoms with Crippen LogP contribution < -0.4 is 4.72 Å². The summed E-state index contributed by atoms with van der Waals surface area (Å²) in [4.78, 5) is 6.61. The van der Waals surface area contributed by atoms with E-state index < -0.39 is 39.1 Å². The second kappa shape index (κ2) is 6.83. The number of rotatable bonds is 4. The first kappa shape index (κ1) is 19.9. The van der Waals surface area contributed by atoms with Crippen molar-refractivity contribution in [3.8, 4) is 11.3 Å². The first-order chi connectivity index (χ1) is 14.1. The van der Waals surface area contributed by atoms with Crippen molar-refractivity contribution in [2.45, 2.75) is 11.1 Å². The van der Waals surface area contributed by atoms with Crippen LogP contribution in [0.4, 0.5) is 27.6 Å². The molecule has 156 valence electrons. The van der Waals surface area contributed by atoms with E-state index in [0.29, 0.717) is 16.9 Å². The average Bonchev–Trinajstić information content (AvgIpc) is 3.32. The molecule has 0 aliphatic heterocycles. The Bertz CT molecular complexity index is 1360. The molecule has 3 heterocycles. The summed E-state index contributed by atoms with van der Waals surface area (Å²) in [5.74, 6) is -3.37. The van der Waals surface area contributed by atoms with Crippen LogP contribution in [0.1, 0.15) is 5.56 Å². The molecule has 0 radical (unpaired) electrons. The van der Waals surface area contributed by atoms with Crippen LogP contribution in [0.3, 0.4) is 0 Å². The lowest BCUT2D eigenvalue weighted by Gasteiger charge is -2.12. The molecule has 30 heavy (non-hydrogen) atoms. The largest absolute Gasteiger partial charge is 0.419 e. The molecule has 0 saturated heterocycles. The third-order valence-electron chi connectivity index (χ3n) is 4.28. The molecule has 0 amide bonds. The van der Waals surface area contributed by atoms with Crippen molar-refractivity contribution >= 4 is 21.4 Å². The number of aromatic amines is 1. The van der Waals surface area contributed by atoms with Gasteiger partial charge in [-0.15, -0.1) is 0 Å². The van der Waals surface area contributed by atoms with Crippen molar-refractivity contribution in [1.82, 2.24) is 14.4 Å². The zero-order chi connectivity index (χ0) is 21.7. The van der Waals surface area contributed by atoms with Gasteiger partial charge in [-0.25, -0.2) is 22.2 Å². The lowest BCUT2D eigenvalue weighted by Crippen LogP contribution is -2.15. The maximum absolute atomic E-state index is 14.0. The van der Waals surface area contributed by atoms with E-state index in [9.17, 15) is 30.4 Å². The second-order valence-electron chi connectivity index (χ2n) is 6.24. The van der Waals surface area contributed by atoms with Gasteiger partial charge in [-0.1, -0.05) is 0 Å². The minimum atomic E-state index is -5.12. The van der Waals surface area contributed by atoms with Crippen LogP contribution in [0.15, 0.2) is 60.0 Å². The Labute approximate surface area is 166 Å². The van der Waals surface area contributed by atoms with E-state index in [4.69, 9.17) is 0 Å². The fourth-order valence-electron chi connectivity index (χ4n) is 2.89. The van der Waals surface area contributed by atoms with Gasteiger partial charge in [-0.05, 0) is 24.3 Å². The molecule has 12 heteroatoms. The molecular weight excluding hydrogens is 431 g/mol. The molecule has 4 rings (SSSR count). The summed E-state index contributed by atoms with van der Waals surface area (Å²) in [5.41, 5.74) is -1.27. The quantitative estimate of drug-likeness (QED) is 0.459. The molecule has 1 aromatic carbocycles. The first-order valence-corrected chi connectivity index (χ1v) is 9.74. The summed E-state index contributed by atoms with van der Waals surface area (Å²) in [6.45, 7) is 0. The maximum Gasteiger partial charge on any atom is 0.419 e. The van der Waals surface area contributed by atoms with Crippen LogP contribution >= 0.6 is 0 Å². The smallest absolute Gasteiger partial charge is 0.360 e. The number of aromatic nitrogens is 3. The van der Waals surface area contributed by atoms with E-state index in [1.54, 1.807) is 39.8 Å². The Morgan fingerprint density at radius 3 is 2.57 bits per heavy atom. The molecule has 0 aliphatic rings. The molecule has 0 spiro atoms. The number of hydrogen-bond donors (Lipinski definition) is 2. The predicted molar refractivity (Wildman–Crippen MR) is 97.1 cm³/mol. The Kier molecular flexibility index (Phi) is 4.53. The standard InChI is InChI=1S/C18H11F5N4O2S/c19-13-8-16(14(20)7-12(13)18(21,22)23)26-30(28,29)10-6-15(25-9-10)11-2-1-4-27-5-3-24-17(11)27/h1-9,25-26H. The Hall–Kier alpha value is -3.41. The van der Waals surface area contributed by atoms with E-state index in [0.717, 1.165) is 6.20 Å². The van der Waals surface area contributed by atoms with Gasteiger partial charge in [0.25, 0.3) is 10.0 Å². The number of halogens is 5. The molecule has 0 bridgehead atoms. The number of H-pyrrole nitrogens is 1. The Balaban J connectivity index is 1.68. The van der Waals surface area contributed by atoms with Crippen molar-refractivity contribution in [3.63, 3.8) is 0 Å². The molecule has 6 nitrogen and oxygen atoms in total. The summed E-state index contributed by atoms with van der Waals surface area (Å²) >= 11 is 0. The fourth-order valence-corrected chi connectivity index (χ4v) is 3.94. The minimum Gasteiger partial charge on any atom is -0.360 e. The molecule has 0 aliphatic carbocycles. The Morgan fingerprint density at radius 1 is 1.07 bits per heavy atom. The van der Waals surface area contributed by atoms with Crippen LogP contribution in [-0.4, -0.2) is 22.8 Å². The molecule has 0 atom stereocenters. The van der Waals surface area contributed by atoms with Crippen LogP contribution in [0.5, 0.6) is 0 Å². The van der Waals surface area contributed by atoms with Crippen molar-refractivity contribution in [3.05, 3.63) is 72.3 Å². The number of imidazole rings is 1.